The molecular weight excluding hydrogens is 238 g/mol. The molecule has 72 valence electrons. The molecular formula is C8H10BrNO3. The topological polar surface area (TPSA) is 69.9 Å². The molecule has 1 aliphatic heterocycles. The predicted octanol–water partition coefficient (Wildman–Crippen LogP) is 0.378. The van der Waals surface area contributed by atoms with Crippen molar-refractivity contribution in [2.24, 2.45) is 4.99 Å². The molecule has 0 aromatic heterocycles. The fraction of sp³-hybridized carbons (Fsp3) is 0.500. The van der Waals surface area contributed by atoms with E-state index in [9.17, 15) is 4.79 Å². The first kappa shape index (κ1) is 10.6. The summed E-state index contributed by atoms with van der Waals surface area (Å²) in [5.41, 5.74) is 1.20. The fourth-order valence-corrected chi connectivity index (χ4v) is 1.56. The van der Waals surface area contributed by atoms with Crippen LogP contribution in [-0.4, -0.2) is 32.9 Å². The zero-order chi connectivity index (χ0) is 10.2. The minimum absolute atomic E-state index is 0.0347. The van der Waals surface area contributed by atoms with Crippen LogP contribution in [0.4, 0.5) is 0 Å². The fourth-order valence-electron chi connectivity index (χ4n) is 1.21. The zero-order valence-corrected chi connectivity index (χ0v) is 8.87. The van der Waals surface area contributed by atoms with Crippen LogP contribution in [0.1, 0.15) is 13.8 Å². The molecule has 0 radical (unpaired) electrons. The van der Waals surface area contributed by atoms with Crippen LogP contribution >= 0.6 is 15.9 Å². The van der Waals surface area contributed by atoms with Crippen LogP contribution in [0.15, 0.2) is 16.1 Å². The van der Waals surface area contributed by atoms with Gasteiger partial charge in [-0.05, 0) is 19.4 Å². The molecule has 1 heterocycles. The number of aliphatic imine (C=N–C) groups is 1. The maximum Gasteiger partial charge on any atom is 0.277 e. The molecule has 0 spiro atoms. The number of allylic oxidation sites excluding steroid dienone is 1. The molecule has 1 amide bonds. The lowest BCUT2D eigenvalue weighted by molar-refractivity contribution is -0.118. The number of aliphatic hydroxyl groups is 2. The number of alkyl halides is 1. The molecule has 0 fully saturated rings. The first-order chi connectivity index (χ1) is 5.95. The number of carbonyl (C=O) groups is 1. The lowest BCUT2D eigenvalue weighted by Crippen LogP contribution is -2.28. The average Bonchev–Trinajstić information content (AvgIpc) is 1.99. The van der Waals surface area contributed by atoms with E-state index in [-0.39, 0.29) is 10.4 Å². The molecule has 0 aromatic carbocycles. The maximum atomic E-state index is 11.2. The molecule has 0 aliphatic carbocycles. The minimum atomic E-state index is -1.75. The van der Waals surface area contributed by atoms with Crippen LogP contribution in [0.25, 0.3) is 0 Å². The van der Waals surface area contributed by atoms with E-state index >= 15 is 0 Å². The molecule has 1 unspecified atom stereocenters. The SMILES string of the molecule is CC1=NC(=O)C(C(O)O)=C(C)C1Br. The van der Waals surface area contributed by atoms with Crippen LogP contribution in [0.2, 0.25) is 0 Å². The van der Waals surface area contributed by atoms with Crippen LogP contribution < -0.4 is 0 Å². The Labute approximate surface area is 84.1 Å². The van der Waals surface area contributed by atoms with E-state index in [2.05, 4.69) is 20.9 Å². The normalized spacial score (nSPS) is 24.0. The Hall–Kier alpha value is -0.520. The van der Waals surface area contributed by atoms with Crippen molar-refractivity contribution in [3.05, 3.63) is 11.1 Å². The predicted molar refractivity (Wildman–Crippen MR) is 51.8 cm³/mol. The third-order valence-corrected chi connectivity index (χ3v) is 3.29. The van der Waals surface area contributed by atoms with Crippen molar-refractivity contribution in [1.29, 1.82) is 0 Å². The van der Waals surface area contributed by atoms with Crippen molar-refractivity contribution >= 4 is 27.5 Å². The van der Waals surface area contributed by atoms with E-state index in [4.69, 9.17) is 10.2 Å². The summed E-state index contributed by atoms with van der Waals surface area (Å²) in [7, 11) is 0. The van der Waals surface area contributed by atoms with E-state index in [0.29, 0.717) is 11.3 Å². The summed E-state index contributed by atoms with van der Waals surface area (Å²) >= 11 is 3.29. The first-order valence-electron chi connectivity index (χ1n) is 3.75. The molecule has 1 atom stereocenters. The number of hydrogen-bond donors (Lipinski definition) is 2. The second kappa shape index (κ2) is 3.69. The maximum absolute atomic E-state index is 11.2. The highest BCUT2D eigenvalue weighted by molar-refractivity contribution is 9.10. The molecule has 0 saturated heterocycles. The molecule has 2 N–H and O–H groups in total. The molecule has 13 heavy (non-hydrogen) atoms. The Morgan fingerprint density at radius 1 is 1.46 bits per heavy atom. The lowest BCUT2D eigenvalue weighted by atomic mass is 10.00. The minimum Gasteiger partial charge on any atom is -0.364 e. The van der Waals surface area contributed by atoms with Gasteiger partial charge in [0.05, 0.1) is 10.4 Å². The summed E-state index contributed by atoms with van der Waals surface area (Å²) in [6, 6.07) is 0. The van der Waals surface area contributed by atoms with Crippen LogP contribution in [0.3, 0.4) is 0 Å². The molecule has 0 bridgehead atoms. The highest BCUT2D eigenvalue weighted by Gasteiger charge is 2.28. The third-order valence-electron chi connectivity index (χ3n) is 1.94. The smallest absolute Gasteiger partial charge is 0.277 e. The third kappa shape index (κ3) is 1.87. The van der Waals surface area contributed by atoms with Crippen molar-refractivity contribution in [2.45, 2.75) is 25.0 Å². The van der Waals surface area contributed by atoms with Gasteiger partial charge in [-0.3, -0.25) is 4.79 Å². The average molecular weight is 248 g/mol. The summed E-state index contributed by atoms with van der Waals surface area (Å²) in [5, 5.41) is 17.8. The van der Waals surface area contributed by atoms with Gasteiger partial charge >= 0.3 is 0 Å². The van der Waals surface area contributed by atoms with Gasteiger partial charge in [-0.15, -0.1) is 0 Å². The van der Waals surface area contributed by atoms with Gasteiger partial charge in [0.15, 0.2) is 6.29 Å². The Morgan fingerprint density at radius 3 is 2.46 bits per heavy atom. The summed E-state index contributed by atoms with van der Waals surface area (Å²) in [6.45, 7) is 3.38. The molecule has 1 aliphatic rings. The van der Waals surface area contributed by atoms with E-state index in [1.807, 2.05) is 0 Å². The van der Waals surface area contributed by atoms with Gasteiger partial charge in [-0.2, -0.15) is 0 Å². The molecule has 5 heteroatoms. The van der Waals surface area contributed by atoms with E-state index in [0.717, 1.165) is 0 Å². The number of halogens is 1. The monoisotopic (exact) mass is 247 g/mol. The zero-order valence-electron chi connectivity index (χ0n) is 7.28. The van der Waals surface area contributed by atoms with Crippen molar-refractivity contribution in [3.8, 4) is 0 Å². The Morgan fingerprint density at radius 2 is 2.00 bits per heavy atom. The van der Waals surface area contributed by atoms with Crippen molar-refractivity contribution in [3.63, 3.8) is 0 Å². The number of nitrogens with zero attached hydrogens (tertiary/aromatic N) is 1. The number of rotatable bonds is 1. The van der Waals surface area contributed by atoms with Gasteiger partial charge in [-0.25, -0.2) is 4.99 Å². The van der Waals surface area contributed by atoms with Crippen molar-refractivity contribution in [1.82, 2.24) is 0 Å². The van der Waals surface area contributed by atoms with E-state index in [1.54, 1.807) is 13.8 Å². The van der Waals surface area contributed by atoms with E-state index < -0.39 is 12.2 Å². The molecule has 0 aromatic rings. The summed E-state index contributed by atoms with van der Waals surface area (Å²) in [6.07, 6.45) is -1.75. The van der Waals surface area contributed by atoms with Gasteiger partial charge in [0.1, 0.15) is 0 Å². The summed E-state index contributed by atoms with van der Waals surface area (Å²) in [5.74, 6) is -0.569. The summed E-state index contributed by atoms with van der Waals surface area (Å²) < 4.78 is 0. The Balaban J connectivity index is 3.13. The first-order valence-corrected chi connectivity index (χ1v) is 4.67. The molecule has 1 rings (SSSR count). The van der Waals surface area contributed by atoms with Crippen LogP contribution in [0, 0.1) is 0 Å². The van der Waals surface area contributed by atoms with Gasteiger partial charge < -0.3 is 10.2 Å². The standard InChI is InChI=1S/C8H10BrNO3/c1-3-5(8(12)13)7(11)10-4(2)6(3)9/h6,8,12-13H,1-2H3. The van der Waals surface area contributed by atoms with Gasteiger partial charge in [0.2, 0.25) is 0 Å². The molecule has 0 saturated carbocycles. The number of hydrogen-bond acceptors (Lipinski definition) is 3. The number of dihydropyridines is 1. The van der Waals surface area contributed by atoms with Crippen LogP contribution in [-0.2, 0) is 4.79 Å². The highest BCUT2D eigenvalue weighted by Crippen LogP contribution is 2.24. The Kier molecular flexibility index (Phi) is 3.00. The van der Waals surface area contributed by atoms with E-state index in [1.165, 1.54) is 0 Å². The van der Waals surface area contributed by atoms with Crippen LogP contribution in [0.5, 0.6) is 0 Å². The van der Waals surface area contributed by atoms with Gasteiger partial charge in [0, 0.05) is 5.71 Å². The van der Waals surface area contributed by atoms with Crippen molar-refractivity contribution < 1.29 is 15.0 Å². The number of carbonyl (C=O) groups excluding carboxylic acids is 1. The number of aliphatic hydroxyl groups excluding tert-OH is 1. The van der Waals surface area contributed by atoms with Crippen molar-refractivity contribution in [2.75, 3.05) is 0 Å². The summed E-state index contributed by atoms with van der Waals surface area (Å²) in [4.78, 5) is 14.7. The largest absolute Gasteiger partial charge is 0.364 e. The Bertz CT molecular complexity index is 307. The second-order valence-corrected chi connectivity index (χ2v) is 3.81. The number of amides is 1. The highest BCUT2D eigenvalue weighted by atomic mass is 79.9. The van der Waals surface area contributed by atoms with Gasteiger partial charge in [-0.1, -0.05) is 15.9 Å². The quantitative estimate of drug-likeness (QED) is 0.520. The second-order valence-electron chi connectivity index (χ2n) is 2.89. The lowest BCUT2D eigenvalue weighted by Gasteiger charge is -2.20. The molecule has 4 nitrogen and oxygen atoms in total. The van der Waals surface area contributed by atoms with Gasteiger partial charge in [0.25, 0.3) is 5.91 Å².